The molecule has 2 aromatic rings. The first kappa shape index (κ1) is 25.1. The molecule has 2 aromatic carbocycles. The number of carbonyl (C=O) groups is 1. The maximum absolute atomic E-state index is 12.0. The van der Waals surface area contributed by atoms with E-state index in [4.69, 9.17) is 0 Å². The van der Waals surface area contributed by atoms with Crippen LogP contribution in [0.2, 0.25) is 0 Å². The average Bonchev–Trinajstić information content (AvgIpc) is 3.22. The molecule has 1 heterocycles. The van der Waals surface area contributed by atoms with Gasteiger partial charge in [-0.05, 0) is 49.6 Å². The summed E-state index contributed by atoms with van der Waals surface area (Å²) in [7, 11) is 1.79. The van der Waals surface area contributed by atoms with E-state index in [0.717, 1.165) is 31.2 Å². The van der Waals surface area contributed by atoms with E-state index in [1.165, 1.54) is 18.4 Å². The maximum Gasteiger partial charge on any atom is 0.251 e. The number of likely N-dealkylation sites (tertiary alicyclic amines) is 1. The predicted octanol–water partition coefficient (Wildman–Crippen LogP) is 3.38. The zero-order chi connectivity index (χ0) is 21.2. The van der Waals surface area contributed by atoms with E-state index in [1.807, 2.05) is 31.2 Å². The lowest BCUT2D eigenvalue weighted by molar-refractivity contribution is 0.0955. The topological polar surface area (TPSA) is 68.8 Å². The van der Waals surface area contributed by atoms with Gasteiger partial charge in [0.25, 0.3) is 5.91 Å². The minimum Gasteiger partial charge on any atom is -0.355 e. The Morgan fingerprint density at radius 3 is 2.58 bits per heavy atom. The molecule has 1 aliphatic heterocycles. The molecule has 168 valence electrons. The third-order valence-corrected chi connectivity index (χ3v) is 5.44. The second-order valence-corrected chi connectivity index (χ2v) is 7.62. The lowest BCUT2D eigenvalue weighted by Gasteiger charge is -2.25. The van der Waals surface area contributed by atoms with Crippen molar-refractivity contribution in [3.05, 3.63) is 71.3 Å². The molecule has 7 heteroatoms. The highest BCUT2D eigenvalue weighted by Crippen LogP contribution is 2.19. The van der Waals surface area contributed by atoms with Gasteiger partial charge in [0, 0.05) is 44.8 Å². The number of hydrogen-bond donors (Lipinski definition) is 3. The second kappa shape index (κ2) is 13.3. The Labute approximate surface area is 202 Å². The highest BCUT2D eigenvalue weighted by Gasteiger charge is 2.24. The summed E-state index contributed by atoms with van der Waals surface area (Å²) in [4.78, 5) is 18.9. The third kappa shape index (κ3) is 7.81. The van der Waals surface area contributed by atoms with Gasteiger partial charge in [0.15, 0.2) is 5.96 Å². The van der Waals surface area contributed by atoms with Crippen molar-refractivity contribution in [2.24, 2.45) is 4.99 Å². The molecule has 1 aliphatic rings. The number of rotatable bonds is 8. The fourth-order valence-electron chi connectivity index (χ4n) is 3.86. The fraction of sp³-hybridized carbons (Fsp3) is 0.417. The first-order valence-electron chi connectivity index (χ1n) is 10.8. The van der Waals surface area contributed by atoms with Crippen LogP contribution in [0.5, 0.6) is 0 Å². The Morgan fingerprint density at radius 1 is 1.06 bits per heavy atom. The minimum absolute atomic E-state index is 0. The molecule has 0 aliphatic carbocycles. The Bertz CT molecular complexity index is 843. The summed E-state index contributed by atoms with van der Waals surface area (Å²) in [6.07, 6.45) is 2.43. The largest absolute Gasteiger partial charge is 0.355 e. The minimum atomic E-state index is -0.0402. The Morgan fingerprint density at radius 2 is 1.84 bits per heavy atom. The highest BCUT2D eigenvalue weighted by molar-refractivity contribution is 14.0. The summed E-state index contributed by atoms with van der Waals surface area (Å²) in [5, 5.41) is 9.67. The lowest BCUT2D eigenvalue weighted by atomic mass is 10.1. The number of carbonyl (C=O) groups excluding carboxylic acids is 1. The Kier molecular flexibility index (Phi) is 10.8. The summed E-state index contributed by atoms with van der Waals surface area (Å²) in [5.74, 6) is 0.742. The van der Waals surface area contributed by atoms with Crippen molar-refractivity contribution in [3.8, 4) is 0 Å². The molecule has 0 spiro atoms. The molecular formula is C24H34IN5O. The van der Waals surface area contributed by atoms with Crippen LogP contribution in [0.15, 0.2) is 59.6 Å². The number of hydrogen-bond acceptors (Lipinski definition) is 3. The molecule has 1 atom stereocenters. The molecule has 6 nitrogen and oxygen atoms in total. The molecule has 0 aromatic heterocycles. The highest BCUT2D eigenvalue weighted by atomic mass is 127. The normalized spacial score (nSPS) is 16.5. The number of aliphatic imine (C=N–C) groups is 1. The number of benzene rings is 2. The zero-order valence-corrected chi connectivity index (χ0v) is 20.8. The predicted molar refractivity (Wildman–Crippen MR) is 138 cm³/mol. The van der Waals surface area contributed by atoms with E-state index >= 15 is 0 Å². The summed E-state index contributed by atoms with van der Waals surface area (Å²) in [6, 6.07) is 18.8. The van der Waals surface area contributed by atoms with Crippen LogP contribution in [0.4, 0.5) is 0 Å². The van der Waals surface area contributed by atoms with E-state index in [9.17, 15) is 4.79 Å². The molecule has 3 N–H and O–H groups in total. The van der Waals surface area contributed by atoms with Crippen LogP contribution in [0.3, 0.4) is 0 Å². The maximum atomic E-state index is 12.0. The van der Waals surface area contributed by atoms with Gasteiger partial charge in [-0.2, -0.15) is 0 Å². The molecule has 1 unspecified atom stereocenters. The van der Waals surface area contributed by atoms with Crippen LogP contribution in [0, 0.1) is 0 Å². The number of nitrogens with zero attached hydrogens (tertiary/aromatic N) is 2. The van der Waals surface area contributed by atoms with Gasteiger partial charge in [0.2, 0.25) is 0 Å². The van der Waals surface area contributed by atoms with Gasteiger partial charge < -0.3 is 16.0 Å². The Hall–Kier alpha value is -2.13. The average molecular weight is 535 g/mol. The molecule has 1 amide bonds. The molecule has 3 rings (SSSR count). The van der Waals surface area contributed by atoms with Gasteiger partial charge >= 0.3 is 0 Å². The van der Waals surface area contributed by atoms with Crippen LogP contribution in [-0.4, -0.2) is 49.5 Å². The van der Waals surface area contributed by atoms with E-state index < -0.39 is 0 Å². The van der Waals surface area contributed by atoms with Gasteiger partial charge in [0.1, 0.15) is 0 Å². The van der Waals surface area contributed by atoms with Crippen molar-refractivity contribution in [1.29, 1.82) is 0 Å². The van der Waals surface area contributed by atoms with E-state index in [1.54, 1.807) is 7.05 Å². The number of amides is 1. The van der Waals surface area contributed by atoms with Crippen molar-refractivity contribution < 1.29 is 4.79 Å². The monoisotopic (exact) mass is 535 g/mol. The standard InChI is InChI=1S/C24H33N5O.HI/c1-3-26-23(30)21-12-7-11-20(15-21)16-27-24(25-2)28-17-22-13-8-14-29(22)18-19-9-5-4-6-10-19;/h4-7,9-12,15,22H,3,8,13-14,16-18H2,1-2H3,(H,26,30)(H2,25,27,28);1H. The molecule has 1 saturated heterocycles. The third-order valence-electron chi connectivity index (χ3n) is 5.44. The van der Waals surface area contributed by atoms with Gasteiger partial charge in [-0.25, -0.2) is 0 Å². The van der Waals surface area contributed by atoms with Crippen LogP contribution in [0.1, 0.15) is 41.3 Å². The van der Waals surface area contributed by atoms with Crippen LogP contribution < -0.4 is 16.0 Å². The summed E-state index contributed by atoms with van der Waals surface area (Å²) in [6.45, 7) is 6.16. The van der Waals surface area contributed by atoms with Crippen LogP contribution in [0.25, 0.3) is 0 Å². The summed E-state index contributed by atoms with van der Waals surface area (Å²) >= 11 is 0. The lowest BCUT2D eigenvalue weighted by Crippen LogP contribution is -2.44. The quantitative estimate of drug-likeness (QED) is 0.276. The smallest absolute Gasteiger partial charge is 0.251 e. The molecule has 0 bridgehead atoms. The van der Waals surface area contributed by atoms with Crippen molar-refractivity contribution in [3.63, 3.8) is 0 Å². The van der Waals surface area contributed by atoms with Crippen LogP contribution >= 0.6 is 24.0 Å². The first-order chi connectivity index (χ1) is 14.7. The Balaban J connectivity index is 0.00000341. The zero-order valence-electron chi connectivity index (χ0n) is 18.4. The van der Waals surface area contributed by atoms with Crippen molar-refractivity contribution >= 4 is 35.8 Å². The number of nitrogens with one attached hydrogen (secondary N) is 3. The van der Waals surface area contributed by atoms with E-state index in [-0.39, 0.29) is 29.9 Å². The van der Waals surface area contributed by atoms with E-state index in [0.29, 0.717) is 24.7 Å². The number of halogens is 1. The van der Waals surface area contributed by atoms with Gasteiger partial charge in [-0.3, -0.25) is 14.7 Å². The van der Waals surface area contributed by atoms with Crippen molar-refractivity contribution in [2.75, 3.05) is 26.7 Å². The molecule has 1 fully saturated rings. The molecule has 0 saturated carbocycles. The van der Waals surface area contributed by atoms with Crippen molar-refractivity contribution in [1.82, 2.24) is 20.9 Å². The SMILES string of the molecule is CCNC(=O)c1cccc(CNC(=NC)NCC2CCCN2Cc2ccccc2)c1.I. The first-order valence-corrected chi connectivity index (χ1v) is 10.8. The molecule has 31 heavy (non-hydrogen) atoms. The summed E-state index contributed by atoms with van der Waals surface area (Å²) < 4.78 is 0. The van der Waals surface area contributed by atoms with Gasteiger partial charge in [0.05, 0.1) is 0 Å². The molecular weight excluding hydrogens is 501 g/mol. The van der Waals surface area contributed by atoms with Crippen molar-refractivity contribution in [2.45, 2.75) is 38.9 Å². The van der Waals surface area contributed by atoms with Gasteiger partial charge in [-0.15, -0.1) is 24.0 Å². The molecule has 0 radical (unpaired) electrons. The van der Waals surface area contributed by atoms with Gasteiger partial charge in [-0.1, -0.05) is 42.5 Å². The number of guanidine groups is 1. The fourth-order valence-corrected chi connectivity index (χ4v) is 3.86. The van der Waals surface area contributed by atoms with E-state index in [2.05, 4.69) is 56.2 Å². The second-order valence-electron chi connectivity index (χ2n) is 7.62. The van der Waals surface area contributed by atoms with Crippen LogP contribution in [-0.2, 0) is 13.1 Å². The summed E-state index contributed by atoms with van der Waals surface area (Å²) in [5.41, 5.74) is 3.09.